The van der Waals surface area contributed by atoms with Crippen LogP contribution in [0.1, 0.15) is 153 Å². The number of nitrogens with zero attached hydrogens (tertiary/aromatic N) is 7. The molecule has 0 aliphatic rings. The summed E-state index contributed by atoms with van der Waals surface area (Å²) in [6, 6.07) is 54.7. The van der Waals surface area contributed by atoms with E-state index in [1.165, 1.54) is 70.4 Å². The summed E-state index contributed by atoms with van der Waals surface area (Å²) in [6.07, 6.45) is 8.79. The van der Waals surface area contributed by atoms with Crippen LogP contribution in [0.2, 0.25) is 0 Å². The number of benzene rings is 7. The highest BCUT2D eigenvalue weighted by atomic mass is 79.9. The summed E-state index contributed by atoms with van der Waals surface area (Å²) in [4.78, 5) is 87.2. The maximum atomic E-state index is 12.6. The molecule has 0 fully saturated rings. The Balaban J connectivity index is 0.000000204. The van der Waals surface area contributed by atoms with Crippen LogP contribution in [0.15, 0.2) is 210 Å². The molecule has 30 heteroatoms. The zero-order valence-electron chi connectivity index (χ0n) is 60.5. The summed E-state index contributed by atoms with van der Waals surface area (Å²) in [5.74, 6) is -0.116. The minimum Gasteiger partial charge on any atom is -0.347 e. The van der Waals surface area contributed by atoms with E-state index in [9.17, 15) is 53.1 Å². The molecule has 0 saturated carbocycles. The normalized spacial score (nSPS) is 11.9. The Bertz CT molecular complexity index is 4610. The number of carbonyl (C=O) groups is 3. The molecule has 4 atom stereocenters. The third kappa shape index (κ3) is 29.7. The fourth-order valence-electron chi connectivity index (χ4n) is 10.9. The number of hydrogen-bond acceptors (Lipinski definition) is 20. The van der Waals surface area contributed by atoms with E-state index in [2.05, 4.69) is 42.8 Å². The highest BCUT2D eigenvalue weighted by Gasteiger charge is 2.24. The molecule has 24 nitrogen and oxygen atoms in total. The molecule has 0 spiro atoms. The molecule has 4 aromatic heterocycles. The molecular weight excluding hydrogens is 1550 g/mol. The number of amides is 3. The first-order chi connectivity index (χ1) is 52.0. The topological polar surface area (TPSA) is 361 Å². The summed E-state index contributed by atoms with van der Waals surface area (Å²) < 4.78 is 32.8. The van der Waals surface area contributed by atoms with Crippen molar-refractivity contribution in [3.8, 4) is 0 Å². The number of rotatable bonds is 33. The van der Waals surface area contributed by atoms with Gasteiger partial charge in [0.2, 0.25) is 17.7 Å². The molecule has 109 heavy (non-hydrogen) atoms. The lowest BCUT2D eigenvalue weighted by Gasteiger charge is -2.17. The summed E-state index contributed by atoms with van der Waals surface area (Å²) in [5, 5.41) is 53.1. The van der Waals surface area contributed by atoms with Crippen LogP contribution < -0.4 is 26.4 Å². The summed E-state index contributed by atoms with van der Waals surface area (Å²) >= 11 is 6.15. The van der Waals surface area contributed by atoms with Gasteiger partial charge in [0, 0.05) is 77.2 Å². The van der Waals surface area contributed by atoms with Crippen LogP contribution in [-0.2, 0) is 95.3 Å². The molecule has 7 aromatic carbocycles. The minimum absolute atomic E-state index is 0. The van der Waals surface area contributed by atoms with Crippen LogP contribution in [-0.4, -0.2) is 65.4 Å². The quantitative estimate of drug-likeness (QED) is 0.0126. The van der Waals surface area contributed by atoms with Crippen LogP contribution in [0, 0.1) is 30.3 Å². The van der Waals surface area contributed by atoms with Gasteiger partial charge in [-0.05, 0) is 122 Å². The first-order valence-corrected chi connectivity index (χ1v) is 40.0. The molecule has 4 heterocycles. The molecular formula is C79H87BrN12O12S5. The maximum absolute atomic E-state index is 12.6. The van der Waals surface area contributed by atoms with E-state index in [1.54, 1.807) is 72.0 Å². The second kappa shape index (κ2) is 44.3. The third-order valence-corrected chi connectivity index (χ3v) is 21.4. The molecule has 0 bridgehead atoms. The smallest absolute Gasteiger partial charge is 0.347 e. The number of nitrogens with two attached hydrogens (primary N) is 1. The number of thiazole rings is 4. The monoisotopic (exact) mass is 1630 g/mol. The number of anilines is 1. The standard InChI is InChI=1S/C22H25N3O4S2.2C22H23N3O3S.C13H15N3O2S.BrH/c1-2-18-15-30-22(23-18)20(24-21(26)13-10-16-6-4-3-5-7-16)14-17-8-11-19(12-9-17)25-31(27,28)29;2*1-2-18-15-29-22(23-18)20(14-17-8-11-19(12-9-17)25(27)28)24-21(26)13-10-16-6-4-3-5-7-16;1-2-10-8-19-13(15-10)12(14)7-9-3-5-11(6-4-9)16(17)18;/h3-9,11-12,15,20,25H,2,10,13-14H2,1H3,(H,24,26)(H,27,28,29);2*3-9,11-12,15,20H,2,10,13-14H2,1H3,(H,24,26);3-6,8,12H,2,7,14H2,1H3;1H/t3*20-;12-;/m0000./s1. The lowest BCUT2D eigenvalue weighted by molar-refractivity contribution is -0.385. The highest BCUT2D eigenvalue weighted by Crippen LogP contribution is 2.29. The van der Waals surface area contributed by atoms with Gasteiger partial charge in [-0.15, -0.1) is 62.3 Å². The van der Waals surface area contributed by atoms with Crippen molar-refractivity contribution in [2.45, 2.75) is 142 Å². The largest absolute Gasteiger partial charge is 0.357 e. The van der Waals surface area contributed by atoms with Gasteiger partial charge < -0.3 is 21.7 Å². The Hall–Kier alpha value is -10.2. The zero-order valence-corrected chi connectivity index (χ0v) is 66.3. The van der Waals surface area contributed by atoms with Gasteiger partial charge in [0.25, 0.3) is 17.1 Å². The van der Waals surface area contributed by atoms with E-state index in [1.807, 2.05) is 138 Å². The van der Waals surface area contributed by atoms with Gasteiger partial charge in [0.05, 0.1) is 67.4 Å². The van der Waals surface area contributed by atoms with E-state index in [4.69, 9.17) is 10.3 Å². The van der Waals surface area contributed by atoms with Gasteiger partial charge in [-0.2, -0.15) is 8.42 Å². The van der Waals surface area contributed by atoms with Gasteiger partial charge in [-0.1, -0.05) is 167 Å². The number of nitrogens with one attached hydrogen (secondary N) is 4. The number of non-ortho nitro benzene ring substituents is 3. The van der Waals surface area contributed by atoms with Crippen molar-refractivity contribution < 1.29 is 42.1 Å². The van der Waals surface area contributed by atoms with Crippen molar-refractivity contribution in [3.05, 3.63) is 322 Å². The van der Waals surface area contributed by atoms with Crippen molar-refractivity contribution in [3.63, 3.8) is 0 Å². The molecule has 0 radical (unpaired) electrons. The number of halogens is 1. The fraction of sp³-hybridized carbons (Fsp3) is 0.278. The van der Waals surface area contributed by atoms with Crippen LogP contribution in [0.5, 0.6) is 0 Å². The Morgan fingerprint density at radius 3 is 0.917 bits per heavy atom. The number of aromatic nitrogens is 4. The molecule has 11 aromatic rings. The molecule has 0 aliphatic heterocycles. The van der Waals surface area contributed by atoms with E-state index >= 15 is 0 Å². The number of nitro benzene ring substituents is 3. The predicted molar refractivity (Wildman–Crippen MR) is 436 cm³/mol. The fourth-order valence-corrected chi connectivity index (χ4v) is 15.1. The lowest BCUT2D eigenvalue weighted by Crippen LogP contribution is -2.30. The Kier molecular flexibility index (Phi) is 35.0. The number of aryl methyl sites for hydroxylation is 7. The van der Waals surface area contributed by atoms with E-state index in [0.29, 0.717) is 64.2 Å². The molecule has 0 saturated heterocycles. The molecule has 7 N–H and O–H groups in total. The van der Waals surface area contributed by atoms with Crippen molar-refractivity contribution in [2.75, 3.05) is 4.72 Å². The summed E-state index contributed by atoms with van der Waals surface area (Å²) in [6.45, 7) is 8.18. The van der Waals surface area contributed by atoms with Crippen LogP contribution >= 0.6 is 62.3 Å². The molecule has 572 valence electrons. The number of nitro groups is 3. The first-order valence-electron chi connectivity index (χ1n) is 35.1. The number of hydrogen-bond donors (Lipinski definition) is 6. The molecule has 0 unspecified atom stereocenters. The van der Waals surface area contributed by atoms with Gasteiger partial charge >= 0.3 is 10.3 Å². The molecule has 3 amide bonds. The average Bonchev–Trinajstić information content (AvgIpc) is 1.79. The SMILES string of the molecule is Br.CCc1csc([C@@H](N)Cc2ccc([N+](=O)[O-])cc2)n1.CCc1csc([C@H](Cc2ccc(NS(=O)(=O)O)cc2)NC(=O)CCc2ccccc2)n1.CCc1csc([C@H](Cc2ccc([N+](=O)[O-])cc2)NC(=O)CCc2ccccc2)n1.CCc1csc([C@H](Cc2ccc([N+](=O)[O-])cc2)NC(=O)CCc2ccccc2)n1. The van der Waals surface area contributed by atoms with Gasteiger partial charge in [0.1, 0.15) is 20.0 Å². The number of carbonyl (C=O) groups excluding carboxylic acids is 3. The van der Waals surface area contributed by atoms with Crippen molar-refractivity contribution in [1.29, 1.82) is 0 Å². The van der Waals surface area contributed by atoms with Gasteiger partial charge in [0.15, 0.2) is 0 Å². The van der Waals surface area contributed by atoms with Crippen LogP contribution in [0.25, 0.3) is 0 Å². The lowest BCUT2D eigenvalue weighted by atomic mass is 10.0. The van der Waals surface area contributed by atoms with Crippen LogP contribution in [0.3, 0.4) is 0 Å². The van der Waals surface area contributed by atoms with Crippen molar-refractivity contribution in [2.24, 2.45) is 5.73 Å². The molecule has 11 rings (SSSR count). The maximum Gasteiger partial charge on any atom is 0.357 e. The van der Waals surface area contributed by atoms with Gasteiger partial charge in [-0.3, -0.25) is 54.0 Å². The van der Waals surface area contributed by atoms with E-state index < -0.39 is 25.1 Å². The average molecular weight is 1640 g/mol. The van der Waals surface area contributed by atoms with E-state index in [-0.39, 0.29) is 81.6 Å². The third-order valence-electron chi connectivity index (χ3n) is 16.8. The predicted octanol–water partition coefficient (Wildman–Crippen LogP) is 16.7. The second-order valence-electron chi connectivity index (χ2n) is 24.9. The first kappa shape index (κ1) is 86.1. The van der Waals surface area contributed by atoms with Gasteiger partial charge in [-0.25, -0.2) is 19.9 Å². The summed E-state index contributed by atoms with van der Waals surface area (Å²) in [7, 11) is -4.32. The van der Waals surface area contributed by atoms with Crippen LogP contribution in [0.4, 0.5) is 22.7 Å². The Morgan fingerprint density at radius 1 is 0.404 bits per heavy atom. The summed E-state index contributed by atoms with van der Waals surface area (Å²) in [5.41, 5.74) is 17.7. The second-order valence-corrected chi connectivity index (χ2v) is 29.6. The highest BCUT2D eigenvalue weighted by molar-refractivity contribution is 8.93. The van der Waals surface area contributed by atoms with Crippen molar-refractivity contribution >= 4 is 113 Å². The minimum atomic E-state index is -4.32. The molecule has 0 aliphatic carbocycles. The Morgan fingerprint density at radius 2 is 0.661 bits per heavy atom. The zero-order chi connectivity index (χ0) is 77.4. The van der Waals surface area contributed by atoms with E-state index in [0.717, 1.165) is 107 Å². The van der Waals surface area contributed by atoms with Crippen molar-refractivity contribution in [1.82, 2.24) is 35.9 Å². The Labute approximate surface area is 660 Å².